The average Bonchev–Trinajstić information content (AvgIpc) is 3.20. The van der Waals surface area contributed by atoms with Crippen molar-refractivity contribution in [2.75, 3.05) is 6.54 Å². The van der Waals surface area contributed by atoms with Crippen molar-refractivity contribution in [3.8, 4) is 11.3 Å². The number of aliphatic hydroxyl groups excluding tert-OH is 1. The Balaban J connectivity index is 1.46. The Labute approximate surface area is 189 Å². The van der Waals surface area contributed by atoms with Gasteiger partial charge in [0.1, 0.15) is 21.6 Å². The van der Waals surface area contributed by atoms with Gasteiger partial charge in [-0.25, -0.2) is 0 Å². The maximum atomic E-state index is 12.8. The standard InChI is InChI=1S/C23H18ClNO3S2/c24-19-8-4-3-7-18(19)20-10-9-17(28-20)14-21-22(27)25(23(29)30-21)12-11-15-5-1-2-6-16(26)13-15/h2-10,13-14,26H,1,11-12H2/b21-14-. The Morgan fingerprint density at radius 3 is 2.93 bits per heavy atom. The van der Waals surface area contributed by atoms with Crippen LogP contribution in [-0.4, -0.2) is 26.8 Å². The molecule has 1 fully saturated rings. The third-order valence-electron chi connectivity index (χ3n) is 4.68. The average molecular weight is 456 g/mol. The van der Waals surface area contributed by atoms with Crippen molar-refractivity contribution in [2.24, 2.45) is 0 Å². The molecule has 0 saturated carbocycles. The van der Waals surface area contributed by atoms with Crippen molar-refractivity contribution in [2.45, 2.75) is 12.8 Å². The molecule has 1 aromatic heterocycles. The first-order chi connectivity index (χ1) is 14.5. The van der Waals surface area contributed by atoms with E-state index >= 15 is 0 Å². The zero-order valence-electron chi connectivity index (χ0n) is 15.9. The summed E-state index contributed by atoms with van der Waals surface area (Å²) >= 11 is 12.9. The van der Waals surface area contributed by atoms with E-state index < -0.39 is 0 Å². The number of nitrogens with zero attached hydrogens (tertiary/aromatic N) is 1. The topological polar surface area (TPSA) is 53.7 Å². The van der Waals surface area contributed by atoms with Gasteiger partial charge in [-0.3, -0.25) is 9.69 Å². The number of allylic oxidation sites excluding steroid dienone is 4. The van der Waals surface area contributed by atoms with Gasteiger partial charge in [0, 0.05) is 18.2 Å². The molecule has 1 amide bonds. The molecule has 2 heterocycles. The maximum Gasteiger partial charge on any atom is 0.266 e. The molecule has 0 spiro atoms. The monoisotopic (exact) mass is 455 g/mol. The van der Waals surface area contributed by atoms with Gasteiger partial charge in [-0.2, -0.15) is 0 Å². The quantitative estimate of drug-likeness (QED) is 0.411. The summed E-state index contributed by atoms with van der Waals surface area (Å²) in [6, 6.07) is 11.1. The van der Waals surface area contributed by atoms with Gasteiger partial charge in [0.15, 0.2) is 0 Å². The van der Waals surface area contributed by atoms with E-state index in [0.717, 1.165) is 17.6 Å². The van der Waals surface area contributed by atoms with Gasteiger partial charge in [0.25, 0.3) is 5.91 Å². The van der Waals surface area contributed by atoms with Crippen LogP contribution >= 0.6 is 35.6 Å². The van der Waals surface area contributed by atoms with E-state index in [4.69, 9.17) is 28.2 Å². The van der Waals surface area contributed by atoms with Crippen LogP contribution in [0.1, 0.15) is 18.6 Å². The molecule has 1 aliphatic carbocycles. The zero-order valence-corrected chi connectivity index (χ0v) is 18.3. The summed E-state index contributed by atoms with van der Waals surface area (Å²) in [5.74, 6) is 1.29. The summed E-state index contributed by atoms with van der Waals surface area (Å²) < 4.78 is 6.39. The Morgan fingerprint density at radius 2 is 2.10 bits per heavy atom. The molecule has 0 radical (unpaired) electrons. The van der Waals surface area contributed by atoms with E-state index in [-0.39, 0.29) is 11.7 Å². The molecular weight excluding hydrogens is 438 g/mol. The van der Waals surface area contributed by atoms with Crippen molar-refractivity contribution in [3.05, 3.63) is 87.7 Å². The SMILES string of the molecule is O=C1/C(=C/c2ccc(-c3ccccc3Cl)o2)SC(=S)N1CCC1=CCC=CC(O)=C1. The molecule has 7 heteroatoms. The molecule has 4 rings (SSSR count). The summed E-state index contributed by atoms with van der Waals surface area (Å²) in [5, 5.41) is 10.4. The molecule has 0 bridgehead atoms. The van der Waals surface area contributed by atoms with Gasteiger partial charge in [-0.1, -0.05) is 59.9 Å². The molecule has 0 atom stereocenters. The number of aliphatic hydroxyl groups is 1. The number of furan rings is 1. The fraction of sp³-hybridized carbons (Fsp3) is 0.130. The van der Waals surface area contributed by atoms with Gasteiger partial charge in [-0.05, 0) is 54.8 Å². The summed E-state index contributed by atoms with van der Waals surface area (Å²) in [6.07, 6.45) is 10.4. The number of benzene rings is 1. The minimum Gasteiger partial charge on any atom is -0.508 e. The highest BCUT2D eigenvalue weighted by atomic mass is 35.5. The van der Waals surface area contributed by atoms with E-state index in [9.17, 15) is 9.90 Å². The van der Waals surface area contributed by atoms with Gasteiger partial charge >= 0.3 is 0 Å². The van der Waals surface area contributed by atoms with Crippen LogP contribution in [-0.2, 0) is 4.79 Å². The van der Waals surface area contributed by atoms with Crippen LogP contribution in [0.25, 0.3) is 17.4 Å². The fourth-order valence-corrected chi connectivity index (χ4v) is 4.70. The molecular formula is C23H18ClNO3S2. The Hall–Kier alpha value is -2.54. The van der Waals surface area contributed by atoms with Crippen LogP contribution in [0.4, 0.5) is 0 Å². The van der Waals surface area contributed by atoms with E-state index in [2.05, 4.69) is 0 Å². The highest BCUT2D eigenvalue weighted by Gasteiger charge is 2.32. The molecule has 1 N–H and O–H groups in total. The molecule has 0 unspecified atom stereocenters. The normalized spacial score (nSPS) is 18.0. The molecule has 152 valence electrons. The third-order valence-corrected chi connectivity index (χ3v) is 6.38. The lowest BCUT2D eigenvalue weighted by Crippen LogP contribution is -2.29. The Bertz CT molecular complexity index is 1130. The number of halogens is 1. The van der Waals surface area contributed by atoms with Crippen molar-refractivity contribution in [3.63, 3.8) is 0 Å². The number of carbonyl (C=O) groups excluding carboxylic acids is 1. The Morgan fingerprint density at radius 1 is 1.27 bits per heavy atom. The van der Waals surface area contributed by atoms with Crippen molar-refractivity contribution >= 4 is 51.9 Å². The zero-order chi connectivity index (χ0) is 21.1. The number of thiocarbonyl (C=S) groups is 1. The molecule has 2 aliphatic rings. The molecule has 4 nitrogen and oxygen atoms in total. The lowest BCUT2D eigenvalue weighted by molar-refractivity contribution is -0.122. The van der Waals surface area contributed by atoms with Crippen LogP contribution in [0.15, 0.2) is 81.4 Å². The van der Waals surface area contributed by atoms with Crippen molar-refractivity contribution in [1.29, 1.82) is 0 Å². The first-order valence-corrected chi connectivity index (χ1v) is 11.0. The van der Waals surface area contributed by atoms with Crippen LogP contribution in [0.2, 0.25) is 5.02 Å². The van der Waals surface area contributed by atoms with Crippen molar-refractivity contribution < 1.29 is 14.3 Å². The number of hydrogen-bond donors (Lipinski definition) is 1. The van der Waals surface area contributed by atoms with E-state index in [1.807, 2.05) is 42.5 Å². The highest BCUT2D eigenvalue weighted by Crippen LogP contribution is 2.35. The van der Waals surface area contributed by atoms with E-state index in [0.29, 0.717) is 38.7 Å². The number of rotatable bonds is 5. The molecule has 2 aromatic rings. The van der Waals surface area contributed by atoms with Gasteiger partial charge in [-0.15, -0.1) is 0 Å². The van der Waals surface area contributed by atoms with E-state index in [1.165, 1.54) is 11.8 Å². The summed E-state index contributed by atoms with van der Waals surface area (Å²) in [6.45, 7) is 0.459. The van der Waals surface area contributed by atoms with Gasteiger partial charge in [0.2, 0.25) is 0 Å². The number of carbonyl (C=O) groups is 1. The second-order valence-corrected chi connectivity index (χ2v) is 8.83. The fourth-order valence-electron chi connectivity index (χ4n) is 3.18. The molecule has 1 saturated heterocycles. The number of amides is 1. The molecule has 1 aliphatic heterocycles. The molecule has 30 heavy (non-hydrogen) atoms. The lowest BCUT2D eigenvalue weighted by Gasteiger charge is -2.14. The van der Waals surface area contributed by atoms with Crippen LogP contribution in [0.3, 0.4) is 0 Å². The van der Waals surface area contributed by atoms with Gasteiger partial charge < -0.3 is 9.52 Å². The smallest absolute Gasteiger partial charge is 0.266 e. The predicted octanol–water partition coefficient (Wildman–Crippen LogP) is 6.52. The summed E-state index contributed by atoms with van der Waals surface area (Å²) in [7, 11) is 0. The minimum atomic E-state index is -0.138. The van der Waals surface area contributed by atoms with Crippen molar-refractivity contribution in [1.82, 2.24) is 4.90 Å². The second-order valence-electron chi connectivity index (χ2n) is 6.75. The third kappa shape index (κ3) is 4.61. The van der Waals surface area contributed by atoms with Crippen LogP contribution < -0.4 is 0 Å². The van der Waals surface area contributed by atoms with Crippen LogP contribution in [0, 0.1) is 0 Å². The number of thioether (sulfide) groups is 1. The largest absolute Gasteiger partial charge is 0.508 e. The van der Waals surface area contributed by atoms with Gasteiger partial charge in [0.05, 0.1) is 9.93 Å². The Kier molecular flexibility index (Phi) is 6.27. The second kappa shape index (κ2) is 9.08. The molecule has 1 aromatic carbocycles. The minimum absolute atomic E-state index is 0.138. The summed E-state index contributed by atoms with van der Waals surface area (Å²) in [5.41, 5.74) is 1.78. The first kappa shape index (κ1) is 20.7. The lowest BCUT2D eigenvalue weighted by atomic mass is 10.1. The predicted molar refractivity (Wildman–Crippen MR) is 126 cm³/mol. The van der Waals surface area contributed by atoms with Crippen LogP contribution in [0.5, 0.6) is 0 Å². The number of hydrogen-bond acceptors (Lipinski definition) is 5. The first-order valence-electron chi connectivity index (χ1n) is 9.37. The highest BCUT2D eigenvalue weighted by molar-refractivity contribution is 8.26. The maximum absolute atomic E-state index is 12.8. The van der Waals surface area contributed by atoms with E-state index in [1.54, 1.807) is 29.2 Å². The summed E-state index contributed by atoms with van der Waals surface area (Å²) in [4.78, 5) is 15.0.